The fourth-order valence-corrected chi connectivity index (χ4v) is 4.82. The second kappa shape index (κ2) is 12.9. The molecule has 2 aliphatic heterocycles. The van der Waals surface area contributed by atoms with Gasteiger partial charge in [0, 0.05) is 37.9 Å². The summed E-state index contributed by atoms with van der Waals surface area (Å²) < 4.78 is 16.2. The molecule has 0 unspecified atom stereocenters. The average Bonchev–Trinajstić information content (AvgIpc) is 2.96. The van der Waals surface area contributed by atoms with Crippen molar-refractivity contribution in [2.45, 2.75) is 32.5 Å². The van der Waals surface area contributed by atoms with Crippen molar-refractivity contribution in [3.8, 4) is 0 Å². The summed E-state index contributed by atoms with van der Waals surface area (Å²) in [4.78, 5) is 58.1. The van der Waals surface area contributed by atoms with Gasteiger partial charge in [-0.2, -0.15) is 0 Å². The number of hydrogen-bond acceptors (Lipinski definition) is 7. The topological polar surface area (TPSA) is 119 Å². The van der Waals surface area contributed by atoms with Gasteiger partial charge in [0.15, 0.2) is 11.8 Å². The molecule has 11 nitrogen and oxygen atoms in total. The molecule has 1 N–H and O–H groups in total. The van der Waals surface area contributed by atoms with E-state index in [0.717, 1.165) is 12.5 Å². The smallest absolute Gasteiger partial charge is 0.303 e. The first-order valence-electron chi connectivity index (χ1n) is 12.8. The lowest BCUT2D eigenvalue weighted by Crippen LogP contribution is -2.56. The van der Waals surface area contributed by atoms with E-state index >= 15 is 0 Å². The first-order chi connectivity index (χ1) is 19.2. The van der Waals surface area contributed by atoms with Crippen molar-refractivity contribution in [1.82, 2.24) is 4.90 Å². The number of halogens is 1. The Morgan fingerprint density at radius 2 is 1.90 bits per heavy atom. The van der Waals surface area contributed by atoms with E-state index in [9.17, 15) is 19.2 Å². The van der Waals surface area contributed by atoms with Crippen molar-refractivity contribution < 1.29 is 33.4 Å². The van der Waals surface area contributed by atoms with Gasteiger partial charge in [0.2, 0.25) is 6.10 Å². The lowest BCUT2D eigenvalue weighted by Gasteiger charge is -2.35. The summed E-state index contributed by atoms with van der Waals surface area (Å²) in [5.41, 5.74) is 2.30. The van der Waals surface area contributed by atoms with E-state index < -0.39 is 30.0 Å². The number of esters is 1. The minimum atomic E-state index is -1.57. The molecule has 2 heterocycles. The molecule has 2 saturated heterocycles. The highest BCUT2D eigenvalue weighted by atomic mass is 35.5. The van der Waals surface area contributed by atoms with Gasteiger partial charge < -0.3 is 29.3 Å². The van der Waals surface area contributed by atoms with Crippen LogP contribution in [0.3, 0.4) is 0 Å². The number of carbonyl (C=O) groups excluding carboxylic acids is 4. The summed E-state index contributed by atoms with van der Waals surface area (Å²) in [6.07, 6.45) is -2.41. The molecular weight excluding hydrogens is 540 g/mol. The van der Waals surface area contributed by atoms with Gasteiger partial charge in [-0.15, -0.1) is 0 Å². The molecule has 2 fully saturated rings. The Bertz CT molecular complexity index is 1350. The van der Waals surface area contributed by atoms with Gasteiger partial charge in [-0.3, -0.25) is 19.2 Å². The first-order valence-corrected chi connectivity index (χ1v) is 13.2. The Kier molecular flexibility index (Phi) is 9.37. The third kappa shape index (κ3) is 6.42. The highest BCUT2D eigenvalue weighted by Crippen LogP contribution is 2.29. The quantitative estimate of drug-likeness (QED) is 0.402. The number of ether oxygens (including phenoxy) is 3. The van der Waals surface area contributed by atoms with Crippen molar-refractivity contribution in [2.24, 2.45) is 0 Å². The maximum absolute atomic E-state index is 13.5. The van der Waals surface area contributed by atoms with Gasteiger partial charge in [-0.25, -0.2) is 4.85 Å². The van der Waals surface area contributed by atoms with E-state index in [2.05, 4.69) is 10.2 Å². The maximum Gasteiger partial charge on any atom is 0.303 e. The Labute approximate surface area is 236 Å². The van der Waals surface area contributed by atoms with Crippen LogP contribution in [0.25, 0.3) is 4.85 Å². The van der Waals surface area contributed by atoms with Crippen LogP contribution in [-0.2, 0) is 35.0 Å². The third-order valence-electron chi connectivity index (χ3n) is 6.59. The summed E-state index contributed by atoms with van der Waals surface area (Å²) in [5, 5.41) is 2.84. The van der Waals surface area contributed by atoms with Crippen LogP contribution in [0.5, 0.6) is 0 Å². The van der Waals surface area contributed by atoms with Crippen molar-refractivity contribution in [1.29, 1.82) is 0 Å². The van der Waals surface area contributed by atoms with Gasteiger partial charge in [0.1, 0.15) is 0 Å². The summed E-state index contributed by atoms with van der Waals surface area (Å²) in [6, 6.07) is 9.49. The fraction of sp³-hybridized carbons (Fsp3) is 0.393. The van der Waals surface area contributed by atoms with Crippen LogP contribution < -0.4 is 10.2 Å². The molecule has 0 saturated carbocycles. The molecule has 210 valence electrons. The SMILES string of the molecule is [C-]#[N+]c1ccc(NC(=O)[C@H](OC(C)=O)[C@H]2OCCN(c3ccc(C(=O)N4CCOCC4)c(Cl)c3)C2=O)cc1CC. The molecule has 0 bridgehead atoms. The van der Waals surface area contributed by atoms with Gasteiger partial charge in [-0.05, 0) is 42.3 Å². The molecule has 2 aromatic rings. The molecule has 2 atom stereocenters. The van der Waals surface area contributed by atoms with E-state index in [4.69, 9.17) is 32.4 Å². The summed E-state index contributed by atoms with van der Waals surface area (Å²) in [6.45, 7) is 12.3. The summed E-state index contributed by atoms with van der Waals surface area (Å²) in [5.74, 6) is -2.35. The molecule has 12 heteroatoms. The molecule has 0 aliphatic carbocycles. The van der Waals surface area contributed by atoms with Gasteiger partial charge in [0.25, 0.3) is 17.7 Å². The zero-order valence-corrected chi connectivity index (χ0v) is 22.9. The number of rotatable bonds is 7. The van der Waals surface area contributed by atoms with Crippen LogP contribution in [0, 0.1) is 6.57 Å². The minimum Gasteiger partial charge on any atom is -0.449 e. The first kappa shape index (κ1) is 29.0. The number of nitrogens with one attached hydrogen (secondary N) is 1. The van der Waals surface area contributed by atoms with Crippen molar-refractivity contribution in [3.63, 3.8) is 0 Å². The van der Waals surface area contributed by atoms with E-state index in [1.807, 2.05) is 6.92 Å². The number of anilines is 2. The lowest BCUT2D eigenvalue weighted by molar-refractivity contribution is -0.167. The highest BCUT2D eigenvalue weighted by Gasteiger charge is 2.42. The number of benzene rings is 2. The Balaban J connectivity index is 1.54. The third-order valence-corrected chi connectivity index (χ3v) is 6.90. The lowest BCUT2D eigenvalue weighted by atomic mass is 10.1. The number of nitrogens with zero attached hydrogens (tertiary/aromatic N) is 3. The molecule has 4 rings (SSSR count). The fourth-order valence-electron chi connectivity index (χ4n) is 4.56. The second-order valence-electron chi connectivity index (χ2n) is 9.18. The summed E-state index contributed by atoms with van der Waals surface area (Å²) >= 11 is 6.47. The summed E-state index contributed by atoms with van der Waals surface area (Å²) in [7, 11) is 0. The van der Waals surface area contributed by atoms with Crippen LogP contribution in [0.4, 0.5) is 17.1 Å². The largest absolute Gasteiger partial charge is 0.449 e. The molecule has 2 aliphatic rings. The second-order valence-corrected chi connectivity index (χ2v) is 9.59. The van der Waals surface area contributed by atoms with Gasteiger partial charge in [-0.1, -0.05) is 24.6 Å². The highest BCUT2D eigenvalue weighted by molar-refractivity contribution is 6.34. The number of amides is 3. The Morgan fingerprint density at radius 3 is 2.55 bits per heavy atom. The predicted molar refractivity (Wildman–Crippen MR) is 147 cm³/mol. The number of morpholine rings is 2. The monoisotopic (exact) mass is 568 g/mol. The van der Waals surface area contributed by atoms with Crippen molar-refractivity contribution in [2.75, 3.05) is 49.7 Å². The molecule has 40 heavy (non-hydrogen) atoms. The van der Waals surface area contributed by atoms with E-state index in [1.54, 1.807) is 35.2 Å². The van der Waals surface area contributed by atoms with Gasteiger partial charge >= 0.3 is 5.97 Å². The molecule has 0 aromatic heterocycles. The zero-order chi connectivity index (χ0) is 28.8. The van der Waals surface area contributed by atoms with Crippen LogP contribution in [-0.4, -0.2) is 80.3 Å². The maximum atomic E-state index is 13.5. The molecular formula is C28H29ClN4O7. The normalized spacial score (nSPS) is 18.1. The number of hydrogen-bond donors (Lipinski definition) is 1. The number of aryl methyl sites for hydroxylation is 1. The van der Waals surface area contributed by atoms with Gasteiger partial charge in [0.05, 0.1) is 37.0 Å². The van der Waals surface area contributed by atoms with Crippen LogP contribution in [0.2, 0.25) is 5.02 Å². The van der Waals surface area contributed by atoms with Crippen molar-refractivity contribution >= 4 is 52.4 Å². The van der Waals surface area contributed by atoms with Crippen molar-refractivity contribution in [3.05, 3.63) is 64.0 Å². The average molecular weight is 569 g/mol. The van der Waals surface area contributed by atoms with E-state index in [-0.39, 0.29) is 24.1 Å². The molecule has 0 spiro atoms. The molecule has 2 aromatic carbocycles. The Morgan fingerprint density at radius 1 is 1.15 bits per heavy atom. The van der Waals surface area contributed by atoms with E-state index in [0.29, 0.717) is 55.3 Å². The van der Waals surface area contributed by atoms with Crippen LogP contribution >= 0.6 is 11.6 Å². The molecule has 0 radical (unpaired) electrons. The number of carbonyl (C=O) groups is 4. The Hall–Kier alpha value is -3.98. The zero-order valence-electron chi connectivity index (χ0n) is 22.1. The predicted octanol–water partition coefficient (Wildman–Crippen LogP) is 3.23. The van der Waals surface area contributed by atoms with E-state index in [1.165, 1.54) is 11.0 Å². The minimum absolute atomic E-state index is 0.0627. The molecule has 3 amide bonds. The van der Waals surface area contributed by atoms with Crippen LogP contribution in [0.15, 0.2) is 36.4 Å². The van der Waals surface area contributed by atoms with Crippen LogP contribution in [0.1, 0.15) is 29.8 Å². The standard InChI is InChI=1S/C28H29ClN4O7/c1-4-18-15-19(5-8-23(18)30-3)31-26(35)24(40-17(2)34)25-28(37)33(11-14-39-25)20-6-7-21(22(29)16-20)27(36)32-9-12-38-13-10-32/h5-8,15-16,24-25H,4,9-14H2,1-2H3,(H,31,35)/t24-,25-/m1/s1.